The summed E-state index contributed by atoms with van der Waals surface area (Å²) in [7, 11) is -1.88. The molecule has 7 heteroatoms. The third kappa shape index (κ3) is 3.93. The van der Waals surface area contributed by atoms with E-state index in [1.54, 1.807) is 19.2 Å². The highest BCUT2D eigenvalue weighted by molar-refractivity contribution is 7.89. The maximum absolute atomic E-state index is 11.9. The summed E-state index contributed by atoms with van der Waals surface area (Å²) in [5.41, 5.74) is 0.824. The predicted molar refractivity (Wildman–Crippen MR) is 72.3 cm³/mol. The molecule has 0 aromatic heterocycles. The Balaban J connectivity index is 1.94. The van der Waals surface area contributed by atoms with E-state index in [9.17, 15) is 13.2 Å². The van der Waals surface area contributed by atoms with Crippen molar-refractivity contribution in [3.8, 4) is 0 Å². The van der Waals surface area contributed by atoms with Crippen molar-refractivity contribution >= 4 is 21.6 Å². The number of carbonyl (C=O) groups excluding carboxylic acids is 1. The van der Waals surface area contributed by atoms with Crippen LogP contribution in [0.1, 0.15) is 12.8 Å². The van der Waals surface area contributed by atoms with Gasteiger partial charge in [0.25, 0.3) is 0 Å². The number of nitrogens with one attached hydrogen (secondary N) is 3. The third-order valence-corrected chi connectivity index (χ3v) is 4.24. The highest BCUT2D eigenvalue weighted by Crippen LogP contribution is 2.18. The molecule has 19 heavy (non-hydrogen) atoms. The zero-order valence-corrected chi connectivity index (χ0v) is 11.5. The third-order valence-electron chi connectivity index (χ3n) is 2.82. The highest BCUT2D eigenvalue weighted by atomic mass is 32.2. The van der Waals surface area contributed by atoms with Gasteiger partial charge in [0.15, 0.2) is 0 Å². The van der Waals surface area contributed by atoms with Crippen molar-refractivity contribution in [1.29, 1.82) is 0 Å². The van der Waals surface area contributed by atoms with Crippen LogP contribution in [0.5, 0.6) is 0 Å². The molecule has 0 radical (unpaired) electrons. The van der Waals surface area contributed by atoms with Crippen molar-refractivity contribution in [2.45, 2.75) is 23.8 Å². The Labute approximate surface area is 112 Å². The highest BCUT2D eigenvalue weighted by Gasteiger charge is 2.24. The number of rotatable bonds is 6. The molecule has 0 atom stereocenters. The van der Waals surface area contributed by atoms with Crippen molar-refractivity contribution < 1.29 is 13.2 Å². The van der Waals surface area contributed by atoms with E-state index in [0.717, 1.165) is 18.5 Å². The molecule has 1 aliphatic carbocycles. The Morgan fingerprint density at radius 3 is 2.42 bits per heavy atom. The van der Waals surface area contributed by atoms with Crippen LogP contribution in [-0.2, 0) is 14.8 Å². The van der Waals surface area contributed by atoms with Crippen molar-refractivity contribution in [2.24, 2.45) is 0 Å². The smallest absolute Gasteiger partial charge is 0.241 e. The minimum absolute atomic E-state index is 0.144. The SMILES string of the molecule is CNc1ccc(S(=O)(=O)NCC(=O)NC2CC2)cc1. The summed E-state index contributed by atoms with van der Waals surface area (Å²) in [5, 5.41) is 5.63. The van der Waals surface area contributed by atoms with Gasteiger partial charge in [-0.2, -0.15) is 0 Å². The molecule has 1 amide bonds. The topological polar surface area (TPSA) is 87.3 Å². The van der Waals surface area contributed by atoms with E-state index >= 15 is 0 Å². The molecule has 2 rings (SSSR count). The lowest BCUT2D eigenvalue weighted by atomic mass is 10.3. The van der Waals surface area contributed by atoms with Crippen LogP contribution in [0.4, 0.5) is 5.69 Å². The van der Waals surface area contributed by atoms with Gasteiger partial charge < -0.3 is 10.6 Å². The second-order valence-electron chi connectivity index (χ2n) is 4.44. The standard InChI is InChI=1S/C12H17N3O3S/c1-13-9-4-6-11(7-5-9)19(17,18)14-8-12(16)15-10-2-3-10/h4-7,10,13-14H,2-3,8H2,1H3,(H,15,16). The second-order valence-corrected chi connectivity index (χ2v) is 6.21. The van der Waals surface area contributed by atoms with E-state index in [-0.39, 0.29) is 23.4 Å². The summed E-state index contributed by atoms with van der Waals surface area (Å²) in [6, 6.07) is 6.55. The molecule has 1 aromatic rings. The van der Waals surface area contributed by atoms with Crippen LogP contribution in [0.3, 0.4) is 0 Å². The van der Waals surface area contributed by atoms with Gasteiger partial charge in [0.2, 0.25) is 15.9 Å². The van der Waals surface area contributed by atoms with Crippen molar-refractivity contribution in [1.82, 2.24) is 10.0 Å². The molecule has 0 aliphatic heterocycles. The van der Waals surface area contributed by atoms with Crippen LogP contribution in [0.2, 0.25) is 0 Å². The van der Waals surface area contributed by atoms with Crippen molar-refractivity contribution in [2.75, 3.05) is 18.9 Å². The lowest BCUT2D eigenvalue weighted by molar-refractivity contribution is -0.120. The lowest BCUT2D eigenvalue weighted by Gasteiger charge is -2.08. The first kappa shape index (κ1) is 13.8. The van der Waals surface area contributed by atoms with E-state index in [4.69, 9.17) is 0 Å². The Morgan fingerprint density at radius 2 is 1.89 bits per heavy atom. The first-order valence-electron chi connectivity index (χ1n) is 6.08. The molecule has 1 aliphatic rings. The number of hydrogen-bond donors (Lipinski definition) is 3. The number of amides is 1. The molecule has 3 N–H and O–H groups in total. The van der Waals surface area contributed by atoms with Gasteiger partial charge in [-0.3, -0.25) is 4.79 Å². The zero-order chi connectivity index (χ0) is 13.9. The molecule has 6 nitrogen and oxygen atoms in total. The van der Waals surface area contributed by atoms with E-state index in [2.05, 4.69) is 15.4 Å². The van der Waals surface area contributed by atoms with E-state index in [1.807, 2.05) is 0 Å². The van der Waals surface area contributed by atoms with Gasteiger partial charge in [-0.15, -0.1) is 0 Å². The minimum Gasteiger partial charge on any atom is -0.388 e. The molecular weight excluding hydrogens is 266 g/mol. The Kier molecular flexibility index (Phi) is 4.06. The molecule has 104 valence electrons. The fraction of sp³-hybridized carbons (Fsp3) is 0.417. The van der Waals surface area contributed by atoms with Crippen LogP contribution in [0.15, 0.2) is 29.2 Å². The fourth-order valence-electron chi connectivity index (χ4n) is 1.55. The van der Waals surface area contributed by atoms with Crippen LogP contribution in [-0.4, -0.2) is 34.0 Å². The van der Waals surface area contributed by atoms with Crippen LogP contribution >= 0.6 is 0 Å². The van der Waals surface area contributed by atoms with Gasteiger partial charge in [0.05, 0.1) is 11.4 Å². The van der Waals surface area contributed by atoms with E-state index in [1.165, 1.54) is 12.1 Å². The number of hydrogen-bond acceptors (Lipinski definition) is 4. The summed E-state index contributed by atoms with van der Waals surface area (Å²) in [6.45, 7) is -0.230. The molecule has 0 bridgehead atoms. The largest absolute Gasteiger partial charge is 0.388 e. The lowest BCUT2D eigenvalue weighted by Crippen LogP contribution is -2.37. The average Bonchev–Trinajstić information content (AvgIpc) is 3.20. The first-order chi connectivity index (χ1) is 9.01. The van der Waals surface area contributed by atoms with Gasteiger partial charge in [-0.05, 0) is 37.1 Å². The van der Waals surface area contributed by atoms with Crippen LogP contribution in [0, 0.1) is 0 Å². The van der Waals surface area contributed by atoms with E-state index < -0.39 is 10.0 Å². The number of carbonyl (C=O) groups is 1. The summed E-state index contributed by atoms with van der Waals surface area (Å²) in [6.07, 6.45) is 1.95. The van der Waals surface area contributed by atoms with Crippen molar-refractivity contribution in [3.63, 3.8) is 0 Å². The minimum atomic E-state index is -3.63. The number of anilines is 1. The summed E-state index contributed by atoms with van der Waals surface area (Å²) < 4.78 is 26.1. The summed E-state index contributed by atoms with van der Waals surface area (Å²) in [4.78, 5) is 11.6. The molecule has 0 spiro atoms. The van der Waals surface area contributed by atoms with Gasteiger partial charge >= 0.3 is 0 Å². The quantitative estimate of drug-likeness (QED) is 0.700. The molecule has 1 fully saturated rings. The second kappa shape index (κ2) is 5.58. The molecule has 0 heterocycles. The van der Waals surface area contributed by atoms with Gasteiger partial charge in [-0.1, -0.05) is 0 Å². The molecule has 1 aromatic carbocycles. The predicted octanol–water partition coefficient (Wildman–Crippen LogP) is 0.285. The maximum atomic E-state index is 11.9. The zero-order valence-electron chi connectivity index (χ0n) is 10.6. The Morgan fingerprint density at radius 1 is 1.26 bits per heavy atom. The summed E-state index contributed by atoms with van der Waals surface area (Å²) >= 11 is 0. The van der Waals surface area contributed by atoms with Gasteiger partial charge in [-0.25, -0.2) is 13.1 Å². The molecule has 0 unspecified atom stereocenters. The van der Waals surface area contributed by atoms with Gasteiger partial charge in [0, 0.05) is 18.8 Å². The number of sulfonamides is 1. The normalized spacial score (nSPS) is 15.0. The number of benzene rings is 1. The molecular formula is C12H17N3O3S. The van der Waals surface area contributed by atoms with Gasteiger partial charge in [0.1, 0.15) is 0 Å². The van der Waals surface area contributed by atoms with Crippen LogP contribution in [0.25, 0.3) is 0 Å². The Bertz CT molecular complexity index is 550. The fourth-order valence-corrected chi connectivity index (χ4v) is 2.53. The monoisotopic (exact) mass is 283 g/mol. The van der Waals surface area contributed by atoms with E-state index in [0.29, 0.717) is 0 Å². The first-order valence-corrected chi connectivity index (χ1v) is 7.56. The molecule has 0 saturated heterocycles. The maximum Gasteiger partial charge on any atom is 0.241 e. The average molecular weight is 283 g/mol. The van der Waals surface area contributed by atoms with Crippen LogP contribution < -0.4 is 15.4 Å². The Hall–Kier alpha value is -1.60. The molecule has 1 saturated carbocycles. The van der Waals surface area contributed by atoms with Crippen molar-refractivity contribution in [3.05, 3.63) is 24.3 Å². The summed E-state index contributed by atoms with van der Waals surface area (Å²) in [5.74, 6) is -0.294.